The van der Waals surface area contributed by atoms with Crippen LogP contribution in [0.5, 0.6) is 0 Å². The predicted molar refractivity (Wildman–Crippen MR) is 133 cm³/mol. The maximum Gasteiger partial charge on any atom is 0.244 e. The molecule has 2 aromatic rings. The Morgan fingerprint density at radius 1 is 1.00 bits per heavy atom. The minimum absolute atomic E-state index is 0.0650. The SMILES string of the molecule is Cc1cccc(C)c1N(CC(=O)N(Cc1ccccc1Cl)C(C)C(=O)NC(C)C)S(C)(=O)=O. The van der Waals surface area contributed by atoms with Gasteiger partial charge in [-0.15, -0.1) is 0 Å². The van der Waals surface area contributed by atoms with Crippen molar-refractivity contribution in [3.63, 3.8) is 0 Å². The number of para-hydroxylation sites is 1. The lowest BCUT2D eigenvalue weighted by Crippen LogP contribution is -2.52. The van der Waals surface area contributed by atoms with Crippen LogP contribution in [-0.2, 0) is 26.2 Å². The molecule has 1 N–H and O–H groups in total. The topological polar surface area (TPSA) is 86.8 Å². The summed E-state index contributed by atoms with van der Waals surface area (Å²) in [5.74, 6) is -0.835. The summed E-state index contributed by atoms with van der Waals surface area (Å²) in [6.07, 6.45) is 1.07. The maximum absolute atomic E-state index is 13.5. The van der Waals surface area contributed by atoms with Gasteiger partial charge in [-0.05, 0) is 57.4 Å². The van der Waals surface area contributed by atoms with E-state index in [-0.39, 0.29) is 18.5 Å². The fraction of sp³-hybridized carbons (Fsp3) is 0.417. The van der Waals surface area contributed by atoms with Crippen molar-refractivity contribution in [2.45, 2.75) is 53.2 Å². The van der Waals surface area contributed by atoms with E-state index in [9.17, 15) is 18.0 Å². The molecule has 2 rings (SSSR count). The molecule has 0 aliphatic heterocycles. The highest BCUT2D eigenvalue weighted by Crippen LogP contribution is 2.27. The Kier molecular flexibility index (Phi) is 8.91. The number of aryl methyl sites for hydroxylation is 2. The number of halogens is 1. The van der Waals surface area contributed by atoms with Crippen LogP contribution in [0.25, 0.3) is 0 Å². The van der Waals surface area contributed by atoms with Gasteiger partial charge in [0.25, 0.3) is 0 Å². The van der Waals surface area contributed by atoms with E-state index in [1.165, 1.54) is 4.90 Å². The Labute approximate surface area is 201 Å². The number of hydrogen-bond acceptors (Lipinski definition) is 4. The van der Waals surface area contributed by atoms with Crippen molar-refractivity contribution in [1.29, 1.82) is 0 Å². The summed E-state index contributed by atoms with van der Waals surface area (Å²) in [6.45, 7) is 8.50. The molecule has 2 aromatic carbocycles. The van der Waals surface area contributed by atoms with Crippen LogP contribution in [0, 0.1) is 13.8 Å². The zero-order chi connectivity index (χ0) is 24.9. The van der Waals surface area contributed by atoms with Gasteiger partial charge in [0.1, 0.15) is 12.6 Å². The molecule has 0 saturated heterocycles. The van der Waals surface area contributed by atoms with E-state index in [0.717, 1.165) is 21.7 Å². The smallest absolute Gasteiger partial charge is 0.244 e. The van der Waals surface area contributed by atoms with Crippen LogP contribution in [0.1, 0.15) is 37.5 Å². The van der Waals surface area contributed by atoms with Crippen LogP contribution in [0.4, 0.5) is 5.69 Å². The fourth-order valence-corrected chi connectivity index (χ4v) is 4.73. The van der Waals surface area contributed by atoms with Gasteiger partial charge in [0.05, 0.1) is 11.9 Å². The summed E-state index contributed by atoms with van der Waals surface area (Å²) in [7, 11) is -3.78. The van der Waals surface area contributed by atoms with Gasteiger partial charge in [-0.1, -0.05) is 48.0 Å². The Bertz CT molecular complexity index is 1100. The highest BCUT2D eigenvalue weighted by molar-refractivity contribution is 7.92. The monoisotopic (exact) mass is 493 g/mol. The van der Waals surface area contributed by atoms with E-state index in [1.807, 2.05) is 19.9 Å². The summed E-state index contributed by atoms with van der Waals surface area (Å²) >= 11 is 6.31. The molecule has 2 amide bonds. The van der Waals surface area contributed by atoms with Gasteiger partial charge in [0.15, 0.2) is 0 Å². The highest BCUT2D eigenvalue weighted by atomic mass is 35.5. The van der Waals surface area contributed by atoms with Crippen molar-refractivity contribution >= 4 is 39.1 Å². The van der Waals surface area contributed by atoms with Crippen molar-refractivity contribution in [2.75, 3.05) is 17.1 Å². The lowest BCUT2D eigenvalue weighted by atomic mass is 10.1. The molecule has 0 aliphatic carbocycles. The maximum atomic E-state index is 13.5. The van der Waals surface area contributed by atoms with E-state index in [1.54, 1.807) is 57.2 Å². The minimum atomic E-state index is -3.78. The van der Waals surface area contributed by atoms with Crippen LogP contribution in [0.3, 0.4) is 0 Å². The average molecular weight is 494 g/mol. The minimum Gasteiger partial charge on any atom is -0.352 e. The van der Waals surface area contributed by atoms with Gasteiger partial charge < -0.3 is 10.2 Å². The van der Waals surface area contributed by atoms with Crippen molar-refractivity contribution in [3.05, 3.63) is 64.2 Å². The highest BCUT2D eigenvalue weighted by Gasteiger charge is 2.31. The number of nitrogens with zero attached hydrogens (tertiary/aromatic N) is 2. The Morgan fingerprint density at radius 2 is 1.58 bits per heavy atom. The zero-order valence-corrected chi connectivity index (χ0v) is 21.5. The number of benzene rings is 2. The first kappa shape index (κ1) is 26.7. The van der Waals surface area contributed by atoms with Gasteiger partial charge in [-0.2, -0.15) is 0 Å². The molecule has 0 bridgehead atoms. The summed E-state index contributed by atoms with van der Waals surface area (Å²) in [6, 6.07) is 11.5. The molecule has 7 nitrogen and oxygen atoms in total. The van der Waals surface area contributed by atoms with E-state index >= 15 is 0 Å². The van der Waals surface area contributed by atoms with Gasteiger partial charge in [0, 0.05) is 17.6 Å². The van der Waals surface area contributed by atoms with Crippen molar-refractivity contribution < 1.29 is 18.0 Å². The number of amides is 2. The molecule has 0 fully saturated rings. The van der Waals surface area contributed by atoms with E-state index in [4.69, 9.17) is 11.6 Å². The van der Waals surface area contributed by atoms with Crippen LogP contribution in [-0.4, -0.2) is 50.0 Å². The second-order valence-electron chi connectivity index (χ2n) is 8.46. The van der Waals surface area contributed by atoms with Crippen LogP contribution < -0.4 is 9.62 Å². The predicted octanol–water partition coefficient (Wildman–Crippen LogP) is 3.66. The molecule has 0 aliphatic rings. The lowest BCUT2D eigenvalue weighted by Gasteiger charge is -2.32. The average Bonchev–Trinajstić information content (AvgIpc) is 2.70. The molecule has 1 atom stereocenters. The number of carbonyl (C=O) groups is 2. The molecule has 9 heteroatoms. The molecule has 180 valence electrons. The number of carbonyl (C=O) groups excluding carboxylic acids is 2. The Balaban J connectivity index is 2.47. The van der Waals surface area contributed by atoms with E-state index < -0.39 is 28.5 Å². The third-order valence-corrected chi connectivity index (χ3v) is 6.75. The molecular weight excluding hydrogens is 462 g/mol. The molecule has 1 unspecified atom stereocenters. The first-order chi connectivity index (χ1) is 15.3. The molecule has 0 spiro atoms. The summed E-state index contributed by atoms with van der Waals surface area (Å²) < 4.78 is 26.5. The van der Waals surface area contributed by atoms with Crippen molar-refractivity contribution in [3.8, 4) is 0 Å². The van der Waals surface area contributed by atoms with Gasteiger partial charge in [-0.3, -0.25) is 13.9 Å². The van der Waals surface area contributed by atoms with E-state index in [2.05, 4.69) is 5.32 Å². The summed E-state index contributed by atoms with van der Waals surface area (Å²) in [5, 5.41) is 3.27. The van der Waals surface area contributed by atoms with Crippen molar-refractivity contribution in [1.82, 2.24) is 10.2 Å². The number of nitrogens with one attached hydrogen (secondary N) is 1. The zero-order valence-electron chi connectivity index (χ0n) is 19.9. The van der Waals surface area contributed by atoms with E-state index in [0.29, 0.717) is 16.3 Å². The Morgan fingerprint density at radius 3 is 2.09 bits per heavy atom. The second-order valence-corrected chi connectivity index (χ2v) is 10.8. The van der Waals surface area contributed by atoms with Crippen LogP contribution >= 0.6 is 11.6 Å². The van der Waals surface area contributed by atoms with Crippen LogP contribution in [0.2, 0.25) is 5.02 Å². The first-order valence-electron chi connectivity index (χ1n) is 10.7. The third kappa shape index (κ3) is 6.95. The molecular formula is C24H32ClN3O4S. The van der Waals surface area contributed by atoms with Gasteiger partial charge in [0.2, 0.25) is 21.8 Å². The Hall–Kier alpha value is -2.58. The third-order valence-electron chi connectivity index (χ3n) is 5.26. The number of sulfonamides is 1. The van der Waals surface area contributed by atoms with Crippen molar-refractivity contribution in [2.24, 2.45) is 0 Å². The molecule has 0 radical (unpaired) electrons. The number of anilines is 1. The number of hydrogen-bond donors (Lipinski definition) is 1. The molecule has 0 saturated carbocycles. The molecule has 0 aromatic heterocycles. The second kappa shape index (κ2) is 11.0. The molecule has 0 heterocycles. The van der Waals surface area contributed by atoms with Crippen LogP contribution in [0.15, 0.2) is 42.5 Å². The fourth-order valence-electron chi connectivity index (χ4n) is 3.57. The summed E-state index contributed by atoms with van der Waals surface area (Å²) in [5.41, 5.74) is 2.59. The normalized spacial score (nSPS) is 12.4. The molecule has 33 heavy (non-hydrogen) atoms. The summed E-state index contributed by atoms with van der Waals surface area (Å²) in [4.78, 5) is 27.7. The first-order valence-corrected chi connectivity index (χ1v) is 12.9. The number of rotatable bonds is 9. The standard InChI is InChI=1S/C24H32ClN3O4S/c1-16(2)26-24(30)19(5)27(14-20-12-7-8-13-21(20)25)22(29)15-28(33(6,31)32)23-17(3)10-9-11-18(23)4/h7-13,16,19H,14-15H2,1-6H3,(H,26,30). The largest absolute Gasteiger partial charge is 0.352 e. The quantitative estimate of drug-likeness (QED) is 0.577. The van der Waals surface area contributed by atoms with Gasteiger partial charge in [-0.25, -0.2) is 8.42 Å². The van der Waals surface area contributed by atoms with Gasteiger partial charge >= 0.3 is 0 Å². The lowest BCUT2D eigenvalue weighted by molar-refractivity contribution is -0.139.